The second kappa shape index (κ2) is 4.19. The van der Waals surface area contributed by atoms with E-state index < -0.39 is 0 Å². The van der Waals surface area contributed by atoms with Crippen LogP contribution in [0.1, 0.15) is 37.8 Å². The van der Waals surface area contributed by atoms with E-state index in [2.05, 4.69) is 4.98 Å². The number of nitrogens with zero attached hydrogens (tertiary/aromatic N) is 1. The highest BCUT2D eigenvalue weighted by molar-refractivity contribution is 5.27. The molecule has 0 atom stereocenters. The third-order valence-corrected chi connectivity index (χ3v) is 3.22. The molecule has 0 aliphatic heterocycles. The van der Waals surface area contributed by atoms with Gasteiger partial charge < -0.3 is 10.5 Å². The van der Waals surface area contributed by atoms with Crippen molar-refractivity contribution in [2.75, 3.05) is 7.11 Å². The lowest BCUT2D eigenvalue weighted by molar-refractivity contribution is 0.293. The fourth-order valence-electron chi connectivity index (χ4n) is 2.25. The Kier molecular flexibility index (Phi) is 2.91. The predicted molar refractivity (Wildman–Crippen MR) is 59.7 cm³/mol. The molecule has 0 spiro atoms. The minimum Gasteiger partial charge on any atom is -0.497 e. The Balaban J connectivity index is 2.26. The quantitative estimate of drug-likeness (QED) is 0.807. The van der Waals surface area contributed by atoms with Crippen molar-refractivity contribution >= 4 is 0 Å². The van der Waals surface area contributed by atoms with E-state index in [1.54, 1.807) is 13.3 Å². The van der Waals surface area contributed by atoms with Crippen molar-refractivity contribution in [1.29, 1.82) is 0 Å². The molecule has 1 aliphatic rings. The van der Waals surface area contributed by atoms with Crippen LogP contribution in [0, 0.1) is 0 Å². The van der Waals surface area contributed by atoms with Gasteiger partial charge in [0.1, 0.15) is 5.75 Å². The molecule has 1 aliphatic carbocycles. The van der Waals surface area contributed by atoms with Crippen LogP contribution in [0.15, 0.2) is 18.3 Å². The molecule has 1 aromatic heterocycles. The average molecular weight is 206 g/mol. The van der Waals surface area contributed by atoms with Gasteiger partial charge in [-0.15, -0.1) is 0 Å². The molecule has 1 heterocycles. The van der Waals surface area contributed by atoms with Crippen molar-refractivity contribution in [3.8, 4) is 5.75 Å². The maximum absolute atomic E-state index is 6.39. The van der Waals surface area contributed by atoms with Crippen LogP contribution in [-0.2, 0) is 5.54 Å². The maximum atomic E-state index is 6.39. The fraction of sp³-hybridized carbons (Fsp3) is 0.583. The molecule has 82 valence electrons. The molecule has 3 nitrogen and oxygen atoms in total. The monoisotopic (exact) mass is 206 g/mol. The van der Waals surface area contributed by atoms with E-state index in [0.29, 0.717) is 0 Å². The van der Waals surface area contributed by atoms with E-state index in [0.717, 1.165) is 24.3 Å². The zero-order valence-corrected chi connectivity index (χ0v) is 9.20. The zero-order chi connectivity index (χ0) is 10.7. The van der Waals surface area contributed by atoms with Crippen LogP contribution in [0.5, 0.6) is 5.75 Å². The van der Waals surface area contributed by atoms with Crippen molar-refractivity contribution in [2.45, 2.75) is 37.6 Å². The summed E-state index contributed by atoms with van der Waals surface area (Å²) in [6, 6.07) is 3.82. The van der Waals surface area contributed by atoms with Gasteiger partial charge >= 0.3 is 0 Å². The summed E-state index contributed by atoms with van der Waals surface area (Å²) in [5, 5.41) is 0. The Morgan fingerprint density at radius 3 is 2.73 bits per heavy atom. The molecule has 0 aromatic carbocycles. The molecular formula is C12H18N2O. The van der Waals surface area contributed by atoms with Gasteiger partial charge in [-0.3, -0.25) is 4.98 Å². The molecule has 15 heavy (non-hydrogen) atoms. The zero-order valence-electron chi connectivity index (χ0n) is 9.20. The molecule has 1 fully saturated rings. The molecule has 0 radical (unpaired) electrons. The molecule has 0 saturated heterocycles. The smallest absolute Gasteiger partial charge is 0.122 e. The second-order valence-electron chi connectivity index (χ2n) is 4.30. The molecule has 0 unspecified atom stereocenters. The topological polar surface area (TPSA) is 48.1 Å². The molecule has 0 bridgehead atoms. The largest absolute Gasteiger partial charge is 0.497 e. The van der Waals surface area contributed by atoms with Gasteiger partial charge in [-0.2, -0.15) is 0 Å². The third-order valence-electron chi connectivity index (χ3n) is 3.22. The van der Waals surface area contributed by atoms with E-state index in [1.807, 2.05) is 12.1 Å². The summed E-state index contributed by atoms with van der Waals surface area (Å²) in [7, 11) is 1.67. The average Bonchev–Trinajstić information content (AvgIpc) is 2.30. The minimum atomic E-state index is -0.229. The minimum absolute atomic E-state index is 0.229. The highest BCUT2D eigenvalue weighted by atomic mass is 16.5. The van der Waals surface area contributed by atoms with Crippen LogP contribution < -0.4 is 10.5 Å². The van der Waals surface area contributed by atoms with E-state index in [-0.39, 0.29) is 5.54 Å². The summed E-state index contributed by atoms with van der Waals surface area (Å²) in [6.07, 6.45) is 7.55. The molecule has 1 aromatic rings. The van der Waals surface area contributed by atoms with Crippen LogP contribution in [0.25, 0.3) is 0 Å². The third kappa shape index (κ3) is 2.12. The van der Waals surface area contributed by atoms with Gasteiger partial charge in [0.25, 0.3) is 0 Å². The van der Waals surface area contributed by atoms with E-state index in [1.165, 1.54) is 19.3 Å². The highest BCUT2D eigenvalue weighted by Crippen LogP contribution is 2.34. The highest BCUT2D eigenvalue weighted by Gasteiger charge is 2.30. The first-order valence-corrected chi connectivity index (χ1v) is 5.54. The predicted octanol–water partition coefficient (Wildman–Crippen LogP) is 2.21. The summed E-state index contributed by atoms with van der Waals surface area (Å²) in [6.45, 7) is 0. The standard InChI is InChI=1S/C12H18N2O/c1-15-10-5-8-14-11(9-10)12(13)6-3-2-4-7-12/h5,8-9H,2-4,6-7,13H2,1H3. The molecule has 1 saturated carbocycles. The number of ether oxygens (including phenoxy) is 1. The Morgan fingerprint density at radius 1 is 1.33 bits per heavy atom. The molecule has 3 heteroatoms. The summed E-state index contributed by atoms with van der Waals surface area (Å²) in [5.74, 6) is 0.843. The van der Waals surface area contributed by atoms with Crippen LogP contribution in [0.2, 0.25) is 0 Å². The van der Waals surface area contributed by atoms with Gasteiger partial charge in [-0.05, 0) is 18.9 Å². The molecule has 0 amide bonds. The van der Waals surface area contributed by atoms with Crippen molar-refractivity contribution in [2.24, 2.45) is 5.73 Å². The van der Waals surface area contributed by atoms with Gasteiger partial charge in [0, 0.05) is 12.3 Å². The van der Waals surface area contributed by atoms with Gasteiger partial charge in [-0.25, -0.2) is 0 Å². The van der Waals surface area contributed by atoms with Crippen molar-refractivity contribution in [3.05, 3.63) is 24.0 Å². The van der Waals surface area contributed by atoms with E-state index in [4.69, 9.17) is 10.5 Å². The van der Waals surface area contributed by atoms with E-state index >= 15 is 0 Å². The van der Waals surface area contributed by atoms with Crippen LogP contribution >= 0.6 is 0 Å². The van der Waals surface area contributed by atoms with Crippen molar-refractivity contribution < 1.29 is 4.74 Å². The lowest BCUT2D eigenvalue weighted by Gasteiger charge is -2.32. The Hall–Kier alpha value is -1.09. The van der Waals surface area contributed by atoms with Crippen molar-refractivity contribution in [1.82, 2.24) is 4.98 Å². The van der Waals surface area contributed by atoms with Crippen LogP contribution in [0.4, 0.5) is 0 Å². The number of pyridine rings is 1. The summed E-state index contributed by atoms with van der Waals surface area (Å²) in [5.41, 5.74) is 7.13. The normalized spacial score (nSPS) is 19.9. The van der Waals surface area contributed by atoms with Crippen LogP contribution in [0.3, 0.4) is 0 Å². The summed E-state index contributed by atoms with van der Waals surface area (Å²) < 4.78 is 5.20. The van der Waals surface area contributed by atoms with Crippen LogP contribution in [-0.4, -0.2) is 12.1 Å². The number of nitrogens with two attached hydrogens (primary N) is 1. The first kappa shape index (κ1) is 10.4. The Bertz CT molecular complexity index is 332. The lowest BCUT2D eigenvalue weighted by Crippen LogP contribution is -2.39. The second-order valence-corrected chi connectivity index (χ2v) is 4.30. The van der Waals surface area contributed by atoms with Gasteiger partial charge in [0.15, 0.2) is 0 Å². The number of aromatic nitrogens is 1. The number of hydrogen-bond donors (Lipinski definition) is 1. The van der Waals surface area contributed by atoms with E-state index in [9.17, 15) is 0 Å². The number of rotatable bonds is 2. The van der Waals surface area contributed by atoms with Gasteiger partial charge in [-0.1, -0.05) is 19.3 Å². The lowest BCUT2D eigenvalue weighted by atomic mass is 9.80. The fourth-order valence-corrected chi connectivity index (χ4v) is 2.25. The molecule has 2 rings (SSSR count). The number of methoxy groups -OCH3 is 1. The van der Waals surface area contributed by atoms with Gasteiger partial charge in [0.2, 0.25) is 0 Å². The summed E-state index contributed by atoms with van der Waals surface area (Å²) >= 11 is 0. The molecular weight excluding hydrogens is 188 g/mol. The Morgan fingerprint density at radius 2 is 2.07 bits per heavy atom. The van der Waals surface area contributed by atoms with Gasteiger partial charge in [0.05, 0.1) is 18.3 Å². The van der Waals surface area contributed by atoms with Crippen molar-refractivity contribution in [3.63, 3.8) is 0 Å². The first-order valence-electron chi connectivity index (χ1n) is 5.54. The molecule has 2 N–H and O–H groups in total. The maximum Gasteiger partial charge on any atom is 0.122 e. The Labute approximate surface area is 90.7 Å². The SMILES string of the molecule is COc1ccnc(C2(N)CCCCC2)c1. The summed E-state index contributed by atoms with van der Waals surface area (Å²) in [4.78, 5) is 4.38. The first-order chi connectivity index (χ1) is 7.24. The number of hydrogen-bond acceptors (Lipinski definition) is 3.